The van der Waals surface area contributed by atoms with Gasteiger partial charge in [-0.05, 0) is 25.1 Å². The molecule has 0 unspecified atom stereocenters. The third-order valence-corrected chi connectivity index (χ3v) is 4.67. The first-order valence-electron chi connectivity index (χ1n) is 8.51. The predicted octanol–water partition coefficient (Wildman–Crippen LogP) is 1.40. The summed E-state index contributed by atoms with van der Waals surface area (Å²) >= 11 is 0. The first kappa shape index (κ1) is 16.3. The number of fused-ring (bicyclic) bond motifs is 1. The van der Waals surface area contributed by atoms with Gasteiger partial charge in [-0.25, -0.2) is 0 Å². The van der Waals surface area contributed by atoms with Crippen LogP contribution in [0.15, 0.2) is 36.7 Å². The summed E-state index contributed by atoms with van der Waals surface area (Å²) in [5, 5.41) is 7.93. The van der Waals surface area contributed by atoms with Crippen LogP contribution in [0.4, 0.5) is 5.82 Å². The number of benzene rings is 1. The van der Waals surface area contributed by atoms with Gasteiger partial charge in [0.05, 0.1) is 7.11 Å². The van der Waals surface area contributed by atoms with Crippen molar-refractivity contribution in [2.24, 2.45) is 0 Å². The summed E-state index contributed by atoms with van der Waals surface area (Å²) in [4.78, 5) is 21.3. The van der Waals surface area contributed by atoms with E-state index in [1.807, 2.05) is 40.5 Å². The van der Waals surface area contributed by atoms with Crippen molar-refractivity contribution in [2.75, 3.05) is 38.2 Å². The van der Waals surface area contributed by atoms with Gasteiger partial charge in [-0.15, -0.1) is 10.2 Å². The molecule has 1 saturated heterocycles. The molecule has 3 heterocycles. The fourth-order valence-corrected chi connectivity index (χ4v) is 3.18. The number of amides is 1. The molecule has 0 saturated carbocycles. The Bertz CT molecular complexity index is 946. The smallest absolute Gasteiger partial charge is 0.256 e. The lowest BCUT2D eigenvalue weighted by Crippen LogP contribution is -2.49. The molecule has 1 aliphatic heterocycles. The van der Waals surface area contributed by atoms with Crippen LogP contribution in [0.5, 0.6) is 5.75 Å². The Labute approximate surface area is 151 Å². The summed E-state index contributed by atoms with van der Waals surface area (Å²) in [5.41, 5.74) is 1.68. The Morgan fingerprint density at radius 2 is 1.96 bits per heavy atom. The molecule has 0 N–H and O–H groups in total. The van der Waals surface area contributed by atoms with Crippen LogP contribution in [0.2, 0.25) is 0 Å². The average molecular weight is 352 g/mol. The standard InChI is InChI=1S/C18H20N6O2/c1-13-10-16(20-18-21-19-12-24(13)18)22-6-8-23(9-7-22)17(25)14-4-3-5-15(11-14)26-2/h3-5,10-12H,6-9H2,1-2H3. The molecule has 0 spiro atoms. The minimum absolute atomic E-state index is 0.0283. The number of ether oxygens (including phenoxy) is 1. The summed E-state index contributed by atoms with van der Waals surface area (Å²) in [7, 11) is 1.60. The first-order valence-corrected chi connectivity index (χ1v) is 8.51. The summed E-state index contributed by atoms with van der Waals surface area (Å²) in [5.74, 6) is 2.18. The maximum atomic E-state index is 12.7. The monoisotopic (exact) mass is 352 g/mol. The molecule has 0 radical (unpaired) electrons. The van der Waals surface area contributed by atoms with E-state index in [-0.39, 0.29) is 5.91 Å². The third-order valence-electron chi connectivity index (χ3n) is 4.67. The van der Waals surface area contributed by atoms with Gasteiger partial charge in [0.1, 0.15) is 17.9 Å². The third kappa shape index (κ3) is 2.94. The summed E-state index contributed by atoms with van der Waals surface area (Å²) in [6, 6.07) is 9.29. The molecule has 1 amide bonds. The van der Waals surface area contributed by atoms with Gasteiger partial charge in [0, 0.05) is 43.5 Å². The molecule has 0 bridgehead atoms. The van der Waals surface area contributed by atoms with Gasteiger partial charge in [0.2, 0.25) is 0 Å². The van der Waals surface area contributed by atoms with Crippen molar-refractivity contribution < 1.29 is 9.53 Å². The van der Waals surface area contributed by atoms with Crippen LogP contribution in [0.25, 0.3) is 5.78 Å². The van der Waals surface area contributed by atoms with E-state index in [1.165, 1.54) is 0 Å². The van der Waals surface area contributed by atoms with Gasteiger partial charge in [-0.1, -0.05) is 6.07 Å². The summed E-state index contributed by atoms with van der Waals surface area (Å²) in [6.45, 7) is 4.76. The van der Waals surface area contributed by atoms with Crippen molar-refractivity contribution in [2.45, 2.75) is 6.92 Å². The Hall–Kier alpha value is -3.16. The van der Waals surface area contributed by atoms with Gasteiger partial charge in [0.25, 0.3) is 11.7 Å². The molecule has 1 aromatic carbocycles. The van der Waals surface area contributed by atoms with Gasteiger partial charge in [-0.3, -0.25) is 9.20 Å². The van der Waals surface area contributed by atoms with E-state index in [2.05, 4.69) is 20.1 Å². The molecule has 8 heteroatoms. The zero-order chi connectivity index (χ0) is 18.1. The second-order valence-electron chi connectivity index (χ2n) is 6.27. The van der Waals surface area contributed by atoms with Crippen molar-refractivity contribution in [1.82, 2.24) is 24.5 Å². The fraction of sp³-hybridized carbons (Fsp3) is 0.333. The fourth-order valence-electron chi connectivity index (χ4n) is 3.18. The van der Waals surface area contributed by atoms with E-state index in [4.69, 9.17) is 4.74 Å². The number of hydrogen-bond acceptors (Lipinski definition) is 6. The molecule has 4 rings (SSSR count). The molecule has 0 aliphatic carbocycles. The van der Waals surface area contributed by atoms with E-state index in [0.29, 0.717) is 30.2 Å². The van der Waals surface area contributed by atoms with Crippen LogP contribution in [0.1, 0.15) is 16.1 Å². The molecule has 134 valence electrons. The highest BCUT2D eigenvalue weighted by Gasteiger charge is 2.23. The number of carbonyl (C=O) groups is 1. The number of aromatic nitrogens is 4. The zero-order valence-electron chi connectivity index (χ0n) is 14.8. The average Bonchev–Trinajstić information content (AvgIpc) is 3.17. The lowest BCUT2D eigenvalue weighted by atomic mass is 10.1. The number of rotatable bonds is 3. The number of methoxy groups -OCH3 is 1. The predicted molar refractivity (Wildman–Crippen MR) is 96.6 cm³/mol. The molecular weight excluding hydrogens is 332 g/mol. The van der Waals surface area contributed by atoms with Crippen LogP contribution in [-0.2, 0) is 0 Å². The van der Waals surface area contributed by atoms with Gasteiger partial charge >= 0.3 is 0 Å². The second-order valence-corrected chi connectivity index (χ2v) is 6.27. The van der Waals surface area contributed by atoms with Crippen molar-refractivity contribution in [1.29, 1.82) is 0 Å². The van der Waals surface area contributed by atoms with Gasteiger partial charge in [-0.2, -0.15) is 4.98 Å². The van der Waals surface area contributed by atoms with E-state index >= 15 is 0 Å². The maximum absolute atomic E-state index is 12.7. The largest absolute Gasteiger partial charge is 0.497 e. The molecular formula is C18H20N6O2. The van der Waals surface area contributed by atoms with Gasteiger partial charge in [0.15, 0.2) is 0 Å². The Morgan fingerprint density at radius 1 is 1.15 bits per heavy atom. The molecule has 1 fully saturated rings. The Morgan fingerprint density at radius 3 is 2.73 bits per heavy atom. The normalized spacial score (nSPS) is 14.7. The second kappa shape index (κ2) is 6.62. The van der Waals surface area contributed by atoms with Crippen molar-refractivity contribution in [3.63, 3.8) is 0 Å². The summed E-state index contributed by atoms with van der Waals surface area (Å²) < 4.78 is 7.06. The highest BCUT2D eigenvalue weighted by Crippen LogP contribution is 2.19. The Kier molecular flexibility index (Phi) is 4.16. The number of hydrogen-bond donors (Lipinski definition) is 0. The molecule has 8 nitrogen and oxygen atoms in total. The van der Waals surface area contributed by atoms with E-state index in [1.54, 1.807) is 19.5 Å². The topological polar surface area (TPSA) is 75.9 Å². The lowest BCUT2D eigenvalue weighted by Gasteiger charge is -2.35. The number of carbonyl (C=O) groups excluding carboxylic acids is 1. The van der Waals surface area contributed by atoms with E-state index in [9.17, 15) is 4.79 Å². The number of nitrogens with zero attached hydrogens (tertiary/aromatic N) is 6. The van der Waals surface area contributed by atoms with E-state index in [0.717, 1.165) is 24.6 Å². The van der Waals surface area contributed by atoms with Crippen LogP contribution >= 0.6 is 0 Å². The first-order chi connectivity index (χ1) is 12.7. The number of aryl methyl sites for hydroxylation is 1. The van der Waals surface area contributed by atoms with Crippen LogP contribution in [-0.4, -0.2) is 63.7 Å². The molecule has 0 atom stereocenters. The van der Waals surface area contributed by atoms with Crippen LogP contribution < -0.4 is 9.64 Å². The number of piperazine rings is 1. The van der Waals surface area contributed by atoms with Crippen LogP contribution in [0, 0.1) is 6.92 Å². The Balaban J connectivity index is 1.47. The molecule has 1 aliphatic rings. The lowest BCUT2D eigenvalue weighted by molar-refractivity contribution is 0.0746. The van der Waals surface area contributed by atoms with Crippen LogP contribution in [0.3, 0.4) is 0 Å². The highest BCUT2D eigenvalue weighted by atomic mass is 16.5. The minimum Gasteiger partial charge on any atom is -0.497 e. The maximum Gasteiger partial charge on any atom is 0.256 e. The SMILES string of the molecule is COc1cccc(C(=O)N2CCN(c3cc(C)n4cnnc4n3)CC2)c1. The van der Waals surface area contributed by atoms with E-state index < -0.39 is 0 Å². The van der Waals surface area contributed by atoms with Crippen molar-refractivity contribution >= 4 is 17.5 Å². The summed E-state index contributed by atoms with van der Waals surface area (Å²) in [6.07, 6.45) is 1.66. The number of anilines is 1. The molecule has 3 aromatic rings. The zero-order valence-corrected chi connectivity index (χ0v) is 14.8. The van der Waals surface area contributed by atoms with Crippen molar-refractivity contribution in [3.8, 4) is 5.75 Å². The van der Waals surface area contributed by atoms with Crippen molar-refractivity contribution in [3.05, 3.63) is 47.9 Å². The molecule has 2 aromatic heterocycles. The van der Waals surface area contributed by atoms with Gasteiger partial charge < -0.3 is 14.5 Å². The molecule has 26 heavy (non-hydrogen) atoms. The highest BCUT2D eigenvalue weighted by molar-refractivity contribution is 5.94. The quantitative estimate of drug-likeness (QED) is 0.709. The minimum atomic E-state index is 0.0283.